The lowest BCUT2D eigenvalue weighted by molar-refractivity contribution is -0.134. The summed E-state index contributed by atoms with van der Waals surface area (Å²) in [5.74, 6) is -0.550. The summed E-state index contributed by atoms with van der Waals surface area (Å²) in [6.07, 6.45) is 5.02. The van der Waals surface area contributed by atoms with Gasteiger partial charge in [0.05, 0.1) is 29.8 Å². The Hall–Kier alpha value is -4.51. The molecule has 2 aromatic carbocycles. The lowest BCUT2D eigenvalue weighted by atomic mass is 9.94. The summed E-state index contributed by atoms with van der Waals surface area (Å²) in [5, 5.41) is 8.04. The molecule has 3 aromatic rings. The van der Waals surface area contributed by atoms with Crippen molar-refractivity contribution in [1.82, 2.24) is 15.2 Å². The van der Waals surface area contributed by atoms with Crippen LogP contribution in [0.1, 0.15) is 35.2 Å². The summed E-state index contributed by atoms with van der Waals surface area (Å²) in [7, 11) is 1.72. The van der Waals surface area contributed by atoms with Gasteiger partial charge < -0.3 is 30.3 Å². The zero-order valence-corrected chi connectivity index (χ0v) is 22.6. The number of benzene rings is 2. The van der Waals surface area contributed by atoms with E-state index in [0.717, 1.165) is 12.0 Å². The van der Waals surface area contributed by atoms with Crippen molar-refractivity contribution in [3.63, 3.8) is 0 Å². The van der Waals surface area contributed by atoms with Gasteiger partial charge in [0.2, 0.25) is 5.91 Å². The van der Waals surface area contributed by atoms with Crippen LogP contribution in [-0.2, 0) is 16.0 Å². The Bertz CT molecular complexity index is 1410. The number of ether oxygens (including phenoxy) is 2. The van der Waals surface area contributed by atoms with E-state index in [0.29, 0.717) is 36.4 Å². The standard InChI is InChI=1S/C30H32FN5O5/c1-36-25-8-7-21(17-28(37)33-15-12-19-10-13-32-14-11-19)41-27(25)18-40-26-9-6-20(16-22(26)29(36)38)34-30(39)35-24-5-3-2-4-23(24)31/h2-6,9-11,13-14,16,21,25,27H,7-8,12,15,17-18H2,1H3,(H,33,37)(H2,34,35,39)/t21-,25+,27-/m1/s1. The molecule has 5 rings (SSSR count). The van der Waals surface area contributed by atoms with Crippen LogP contribution in [0.2, 0.25) is 0 Å². The topological polar surface area (TPSA) is 122 Å². The van der Waals surface area contributed by atoms with Gasteiger partial charge in [-0.1, -0.05) is 12.1 Å². The zero-order valence-electron chi connectivity index (χ0n) is 22.6. The number of anilines is 2. The number of para-hydroxylation sites is 1. The lowest BCUT2D eigenvalue weighted by Crippen LogP contribution is -2.54. The molecule has 1 aromatic heterocycles. The smallest absolute Gasteiger partial charge is 0.323 e. The molecule has 3 N–H and O–H groups in total. The van der Waals surface area contributed by atoms with Gasteiger partial charge in [-0.2, -0.15) is 0 Å². The second-order valence-corrected chi connectivity index (χ2v) is 10.1. The Kier molecular flexibility index (Phi) is 8.73. The van der Waals surface area contributed by atoms with Crippen LogP contribution >= 0.6 is 0 Å². The van der Waals surface area contributed by atoms with E-state index in [2.05, 4.69) is 20.9 Å². The number of urea groups is 1. The molecule has 2 aliphatic heterocycles. The van der Waals surface area contributed by atoms with Gasteiger partial charge in [-0.05, 0) is 67.3 Å². The highest BCUT2D eigenvalue weighted by molar-refractivity contribution is 6.02. The maximum Gasteiger partial charge on any atom is 0.323 e. The second-order valence-electron chi connectivity index (χ2n) is 10.1. The summed E-state index contributed by atoms with van der Waals surface area (Å²) in [6.45, 7) is 0.733. The van der Waals surface area contributed by atoms with Gasteiger partial charge in [0.1, 0.15) is 24.3 Å². The first-order valence-electron chi connectivity index (χ1n) is 13.5. The summed E-state index contributed by atoms with van der Waals surface area (Å²) in [4.78, 5) is 44.1. The Labute approximate surface area is 237 Å². The van der Waals surface area contributed by atoms with E-state index in [1.807, 2.05) is 12.1 Å². The Morgan fingerprint density at radius 1 is 1.07 bits per heavy atom. The number of carbonyl (C=O) groups is 3. The Morgan fingerprint density at radius 3 is 2.68 bits per heavy atom. The summed E-state index contributed by atoms with van der Waals surface area (Å²) in [6, 6.07) is 13.6. The first-order valence-corrected chi connectivity index (χ1v) is 13.5. The molecular weight excluding hydrogens is 529 g/mol. The minimum absolute atomic E-state index is 0.0412. The molecule has 0 radical (unpaired) electrons. The molecule has 0 spiro atoms. The molecule has 3 heterocycles. The maximum atomic E-state index is 13.9. The van der Waals surface area contributed by atoms with E-state index >= 15 is 0 Å². The van der Waals surface area contributed by atoms with Crippen molar-refractivity contribution in [3.8, 4) is 5.75 Å². The Morgan fingerprint density at radius 2 is 1.88 bits per heavy atom. The van der Waals surface area contributed by atoms with Gasteiger partial charge in [-0.15, -0.1) is 0 Å². The number of pyridine rings is 1. The van der Waals surface area contributed by atoms with Crippen LogP contribution in [0, 0.1) is 5.82 Å². The molecule has 41 heavy (non-hydrogen) atoms. The first-order chi connectivity index (χ1) is 19.9. The number of fused-ring (bicyclic) bond motifs is 2. The predicted octanol–water partition coefficient (Wildman–Crippen LogP) is 3.99. The number of aromatic nitrogens is 1. The van der Waals surface area contributed by atoms with Gasteiger partial charge in [0.15, 0.2) is 0 Å². The van der Waals surface area contributed by atoms with Gasteiger partial charge in [-0.25, -0.2) is 9.18 Å². The van der Waals surface area contributed by atoms with Crippen LogP contribution in [0.25, 0.3) is 0 Å². The second kappa shape index (κ2) is 12.8. The summed E-state index contributed by atoms with van der Waals surface area (Å²) < 4.78 is 26.1. The van der Waals surface area contributed by atoms with E-state index in [1.54, 1.807) is 42.5 Å². The fourth-order valence-corrected chi connectivity index (χ4v) is 5.13. The summed E-state index contributed by atoms with van der Waals surface area (Å²) in [5.41, 5.74) is 1.80. The average molecular weight is 562 g/mol. The van der Waals surface area contributed by atoms with Crippen LogP contribution in [0.4, 0.5) is 20.6 Å². The molecule has 0 unspecified atom stereocenters. The molecule has 10 nitrogen and oxygen atoms in total. The highest BCUT2D eigenvalue weighted by Gasteiger charge is 2.39. The van der Waals surface area contributed by atoms with E-state index in [-0.39, 0.29) is 42.7 Å². The van der Waals surface area contributed by atoms with Crippen molar-refractivity contribution in [2.24, 2.45) is 0 Å². The SMILES string of the molecule is CN1C(=O)c2cc(NC(=O)Nc3ccccc3F)ccc2OC[C@H]2O[C@@H](CC(=O)NCCc3ccncc3)CC[C@@H]21. The predicted molar refractivity (Wildman–Crippen MR) is 150 cm³/mol. The number of halogens is 1. The molecule has 0 bridgehead atoms. The van der Waals surface area contributed by atoms with Crippen molar-refractivity contribution in [3.05, 3.63) is 83.9 Å². The number of nitrogens with zero attached hydrogens (tertiary/aromatic N) is 2. The van der Waals surface area contributed by atoms with Crippen molar-refractivity contribution in [2.45, 2.75) is 43.9 Å². The minimum Gasteiger partial charge on any atom is -0.490 e. The largest absolute Gasteiger partial charge is 0.490 e. The van der Waals surface area contributed by atoms with Gasteiger partial charge >= 0.3 is 6.03 Å². The highest BCUT2D eigenvalue weighted by Crippen LogP contribution is 2.32. The van der Waals surface area contributed by atoms with Gasteiger partial charge in [-0.3, -0.25) is 14.6 Å². The number of likely N-dealkylation sites (N-methyl/N-ethyl adjacent to an activating group) is 1. The van der Waals surface area contributed by atoms with Crippen LogP contribution in [0.15, 0.2) is 67.0 Å². The lowest BCUT2D eigenvalue weighted by Gasteiger charge is -2.42. The average Bonchev–Trinajstić information content (AvgIpc) is 2.97. The zero-order chi connectivity index (χ0) is 28.8. The molecule has 214 valence electrons. The monoisotopic (exact) mass is 561 g/mol. The van der Waals surface area contributed by atoms with Crippen LogP contribution in [0.3, 0.4) is 0 Å². The molecule has 11 heteroatoms. The van der Waals surface area contributed by atoms with Crippen LogP contribution in [-0.4, -0.2) is 66.2 Å². The van der Waals surface area contributed by atoms with Crippen LogP contribution < -0.4 is 20.7 Å². The molecule has 0 aliphatic carbocycles. The summed E-state index contributed by atoms with van der Waals surface area (Å²) >= 11 is 0. The molecular formula is C30H32FN5O5. The number of rotatable bonds is 7. The van der Waals surface area contributed by atoms with E-state index in [9.17, 15) is 18.8 Å². The molecule has 2 aliphatic rings. The molecule has 4 amide bonds. The van der Waals surface area contributed by atoms with Gasteiger partial charge in [0, 0.05) is 31.7 Å². The molecule has 1 saturated heterocycles. The fourth-order valence-electron chi connectivity index (χ4n) is 5.13. The van der Waals surface area contributed by atoms with Crippen molar-refractivity contribution in [2.75, 3.05) is 30.8 Å². The van der Waals surface area contributed by atoms with Crippen molar-refractivity contribution < 1.29 is 28.2 Å². The number of hydrogen-bond acceptors (Lipinski definition) is 6. The third kappa shape index (κ3) is 6.98. The maximum absolute atomic E-state index is 13.9. The van der Waals surface area contributed by atoms with Gasteiger partial charge in [0.25, 0.3) is 5.91 Å². The fraction of sp³-hybridized carbons (Fsp3) is 0.333. The normalized spacial score (nSPS) is 20.0. The molecule has 1 fully saturated rings. The highest BCUT2D eigenvalue weighted by atomic mass is 19.1. The quantitative estimate of drug-likeness (QED) is 0.401. The van der Waals surface area contributed by atoms with Crippen LogP contribution in [0.5, 0.6) is 5.75 Å². The molecule has 0 saturated carbocycles. The number of amides is 4. The molecule has 3 atom stereocenters. The van der Waals surface area contributed by atoms with Crippen molar-refractivity contribution in [1.29, 1.82) is 0 Å². The van der Waals surface area contributed by atoms with E-state index in [4.69, 9.17) is 9.47 Å². The minimum atomic E-state index is -0.643. The number of nitrogens with one attached hydrogen (secondary N) is 3. The number of hydrogen-bond donors (Lipinski definition) is 3. The number of carbonyl (C=O) groups excluding carboxylic acids is 3. The Balaban J connectivity index is 1.18. The van der Waals surface area contributed by atoms with E-state index < -0.39 is 18.0 Å². The third-order valence-corrected chi connectivity index (χ3v) is 7.29. The van der Waals surface area contributed by atoms with Crippen molar-refractivity contribution >= 4 is 29.2 Å². The first kappa shape index (κ1) is 28.0. The third-order valence-electron chi connectivity index (χ3n) is 7.29. The van der Waals surface area contributed by atoms with E-state index in [1.165, 1.54) is 24.3 Å².